The molecule has 0 atom stereocenters. The van der Waals surface area contributed by atoms with Crippen molar-refractivity contribution in [2.24, 2.45) is 0 Å². The largest absolute Gasteiger partial charge is 0.433 e. The molecule has 0 aliphatic heterocycles. The summed E-state index contributed by atoms with van der Waals surface area (Å²) in [5, 5.41) is 8.11. The fraction of sp³-hybridized carbons (Fsp3) is 0.143. The average molecular weight is 207 g/mol. The van der Waals surface area contributed by atoms with Crippen LogP contribution in [-0.4, -0.2) is 4.98 Å². The SMILES string of the molecule is N#Cc1cnc(C(F)(F)F)cc1Cl. The van der Waals surface area contributed by atoms with E-state index in [1.54, 1.807) is 6.07 Å². The summed E-state index contributed by atoms with van der Waals surface area (Å²) in [6, 6.07) is 2.24. The van der Waals surface area contributed by atoms with Crippen molar-refractivity contribution in [1.29, 1.82) is 5.26 Å². The first-order valence-electron chi connectivity index (χ1n) is 3.08. The molecule has 1 heterocycles. The van der Waals surface area contributed by atoms with Gasteiger partial charge in [-0.1, -0.05) is 11.6 Å². The zero-order chi connectivity index (χ0) is 10.1. The third kappa shape index (κ3) is 2.10. The minimum atomic E-state index is -4.53. The highest BCUT2D eigenvalue weighted by Gasteiger charge is 2.32. The van der Waals surface area contributed by atoms with E-state index < -0.39 is 11.9 Å². The molecule has 0 aromatic carbocycles. The van der Waals surface area contributed by atoms with Crippen molar-refractivity contribution in [1.82, 2.24) is 4.98 Å². The molecule has 1 rings (SSSR count). The van der Waals surface area contributed by atoms with Gasteiger partial charge in [-0.15, -0.1) is 0 Å². The first kappa shape index (κ1) is 9.81. The highest BCUT2D eigenvalue weighted by atomic mass is 35.5. The van der Waals surface area contributed by atoms with E-state index >= 15 is 0 Å². The maximum atomic E-state index is 12.0. The number of nitrogens with zero attached hydrogens (tertiary/aromatic N) is 2. The van der Waals surface area contributed by atoms with Crippen molar-refractivity contribution in [2.45, 2.75) is 6.18 Å². The number of pyridine rings is 1. The van der Waals surface area contributed by atoms with Crippen molar-refractivity contribution >= 4 is 11.6 Å². The molecule has 1 aromatic heterocycles. The fourth-order valence-electron chi connectivity index (χ4n) is 0.668. The number of halogens is 4. The van der Waals surface area contributed by atoms with Gasteiger partial charge in [0, 0.05) is 6.20 Å². The molecule has 0 saturated carbocycles. The van der Waals surface area contributed by atoms with Gasteiger partial charge in [-0.2, -0.15) is 18.4 Å². The van der Waals surface area contributed by atoms with Crippen molar-refractivity contribution in [3.8, 4) is 6.07 Å². The van der Waals surface area contributed by atoms with Gasteiger partial charge in [0.25, 0.3) is 0 Å². The highest BCUT2D eigenvalue weighted by Crippen LogP contribution is 2.29. The van der Waals surface area contributed by atoms with Crippen LogP contribution in [0.1, 0.15) is 11.3 Å². The second kappa shape index (κ2) is 3.23. The molecule has 0 unspecified atom stereocenters. The first-order chi connectivity index (χ1) is 5.95. The Morgan fingerprint density at radius 1 is 1.46 bits per heavy atom. The molecule has 0 spiro atoms. The quantitative estimate of drug-likeness (QED) is 0.654. The van der Waals surface area contributed by atoms with Crippen molar-refractivity contribution < 1.29 is 13.2 Å². The third-order valence-electron chi connectivity index (χ3n) is 1.26. The number of rotatable bonds is 0. The van der Waals surface area contributed by atoms with Crippen molar-refractivity contribution in [3.05, 3.63) is 28.5 Å². The topological polar surface area (TPSA) is 36.7 Å². The smallest absolute Gasteiger partial charge is 0.250 e. The van der Waals surface area contributed by atoms with E-state index in [0.717, 1.165) is 6.20 Å². The first-order valence-corrected chi connectivity index (χ1v) is 3.46. The molecule has 0 aliphatic rings. The van der Waals surface area contributed by atoms with Crippen LogP contribution in [0.15, 0.2) is 12.3 Å². The zero-order valence-electron chi connectivity index (χ0n) is 6.06. The summed E-state index contributed by atoms with van der Waals surface area (Å²) in [7, 11) is 0. The summed E-state index contributed by atoms with van der Waals surface area (Å²) in [6.45, 7) is 0. The molecule has 2 nitrogen and oxygen atoms in total. The molecule has 13 heavy (non-hydrogen) atoms. The Balaban J connectivity index is 3.20. The van der Waals surface area contributed by atoms with Crippen LogP contribution < -0.4 is 0 Å². The fourth-order valence-corrected chi connectivity index (χ4v) is 0.863. The normalized spacial score (nSPS) is 11.0. The second-order valence-electron chi connectivity index (χ2n) is 2.16. The van der Waals surface area contributed by atoms with Gasteiger partial charge in [-0.25, -0.2) is 0 Å². The lowest BCUT2D eigenvalue weighted by atomic mass is 10.2. The Labute approximate surface area is 76.6 Å². The van der Waals surface area contributed by atoms with Crippen LogP contribution in [0, 0.1) is 11.3 Å². The maximum absolute atomic E-state index is 12.0. The average Bonchev–Trinajstić information content (AvgIpc) is 2.02. The number of hydrogen-bond donors (Lipinski definition) is 0. The maximum Gasteiger partial charge on any atom is 0.433 e. The van der Waals surface area contributed by atoms with Gasteiger partial charge in [-0.05, 0) is 6.07 Å². The predicted molar refractivity (Wildman–Crippen MR) is 39.0 cm³/mol. The van der Waals surface area contributed by atoms with Crippen molar-refractivity contribution in [3.63, 3.8) is 0 Å². The van der Waals surface area contributed by atoms with E-state index in [-0.39, 0.29) is 10.6 Å². The Bertz CT molecular complexity index is 367. The van der Waals surface area contributed by atoms with Gasteiger partial charge in [0.15, 0.2) is 0 Å². The van der Waals surface area contributed by atoms with Crippen LogP contribution in [0.3, 0.4) is 0 Å². The molecule has 0 aliphatic carbocycles. The summed E-state index contributed by atoms with van der Waals surface area (Å²) in [6.07, 6.45) is -3.73. The molecule has 68 valence electrons. The third-order valence-corrected chi connectivity index (χ3v) is 1.58. The zero-order valence-corrected chi connectivity index (χ0v) is 6.82. The Morgan fingerprint density at radius 3 is 2.46 bits per heavy atom. The van der Waals surface area contributed by atoms with E-state index in [1.807, 2.05) is 0 Å². The lowest BCUT2D eigenvalue weighted by Gasteiger charge is -2.05. The number of alkyl halides is 3. The summed E-state index contributed by atoms with van der Waals surface area (Å²) < 4.78 is 36.0. The van der Waals surface area contributed by atoms with Crippen LogP contribution in [0.4, 0.5) is 13.2 Å². The minimum Gasteiger partial charge on any atom is -0.250 e. The van der Waals surface area contributed by atoms with E-state index in [2.05, 4.69) is 4.98 Å². The predicted octanol–water partition coefficient (Wildman–Crippen LogP) is 2.63. The monoisotopic (exact) mass is 206 g/mol. The Hall–Kier alpha value is -1.28. The number of nitriles is 1. The molecule has 0 amide bonds. The second-order valence-corrected chi connectivity index (χ2v) is 2.57. The summed E-state index contributed by atoms with van der Waals surface area (Å²) >= 11 is 5.37. The molecule has 1 aromatic rings. The van der Waals surface area contributed by atoms with Gasteiger partial charge in [0.2, 0.25) is 0 Å². The van der Waals surface area contributed by atoms with Gasteiger partial charge < -0.3 is 0 Å². The molecule has 0 radical (unpaired) electrons. The van der Waals surface area contributed by atoms with Crippen molar-refractivity contribution in [2.75, 3.05) is 0 Å². The van der Waals surface area contributed by atoms with Crippen LogP contribution in [0.5, 0.6) is 0 Å². The highest BCUT2D eigenvalue weighted by molar-refractivity contribution is 6.31. The lowest BCUT2D eigenvalue weighted by molar-refractivity contribution is -0.141. The summed E-state index contributed by atoms with van der Waals surface area (Å²) in [5.41, 5.74) is -1.17. The number of hydrogen-bond acceptors (Lipinski definition) is 2. The van der Waals surface area contributed by atoms with Gasteiger partial charge in [-0.3, -0.25) is 4.98 Å². The summed E-state index contributed by atoms with van der Waals surface area (Å²) in [4.78, 5) is 3.05. The standard InChI is InChI=1S/C7H2ClF3N2/c8-5-1-6(7(9,10)11)13-3-4(5)2-12/h1,3H. The van der Waals surface area contributed by atoms with E-state index in [1.165, 1.54) is 0 Å². The summed E-state index contributed by atoms with van der Waals surface area (Å²) in [5.74, 6) is 0. The Kier molecular flexibility index (Phi) is 2.43. The van der Waals surface area contributed by atoms with E-state index in [0.29, 0.717) is 6.07 Å². The van der Waals surface area contributed by atoms with Gasteiger partial charge >= 0.3 is 6.18 Å². The van der Waals surface area contributed by atoms with Gasteiger partial charge in [0.05, 0.1) is 10.6 Å². The molecule has 0 N–H and O–H groups in total. The van der Waals surface area contributed by atoms with E-state index in [4.69, 9.17) is 16.9 Å². The van der Waals surface area contributed by atoms with Crippen LogP contribution in [0.2, 0.25) is 5.02 Å². The molecular weight excluding hydrogens is 205 g/mol. The Morgan fingerprint density at radius 2 is 2.08 bits per heavy atom. The van der Waals surface area contributed by atoms with Crippen LogP contribution in [-0.2, 0) is 6.18 Å². The minimum absolute atomic E-state index is 0.0744. The van der Waals surface area contributed by atoms with Crippen LogP contribution in [0.25, 0.3) is 0 Å². The molecule has 0 fully saturated rings. The number of aromatic nitrogens is 1. The van der Waals surface area contributed by atoms with E-state index in [9.17, 15) is 13.2 Å². The molecular formula is C7H2ClF3N2. The van der Waals surface area contributed by atoms with Crippen LogP contribution >= 0.6 is 11.6 Å². The van der Waals surface area contributed by atoms with Gasteiger partial charge in [0.1, 0.15) is 11.8 Å². The molecule has 0 saturated heterocycles. The lowest BCUT2D eigenvalue weighted by Crippen LogP contribution is -2.07. The molecule has 6 heteroatoms. The molecule has 0 bridgehead atoms.